The van der Waals surface area contributed by atoms with Gasteiger partial charge in [0.25, 0.3) is 0 Å². The highest BCUT2D eigenvalue weighted by molar-refractivity contribution is 7.89. The zero-order valence-corrected chi connectivity index (χ0v) is 23.7. The van der Waals surface area contributed by atoms with E-state index in [9.17, 15) is 21.6 Å². The lowest BCUT2D eigenvalue weighted by molar-refractivity contribution is 0.447. The zero-order valence-electron chi connectivity index (χ0n) is 19.1. The van der Waals surface area contributed by atoms with Crippen LogP contribution >= 0.6 is 46.4 Å². The highest BCUT2D eigenvalue weighted by Crippen LogP contribution is 2.20. The lowest BCUT2D eigenvalue weighted by atomic mass is 10.3. The van der Waals surface area contributed by atoms with Crippen molar-refractivity contribution in [3.63, 3.8) is 0 Å². The number of benzene rings is 2. The molecule has 9 nitrogen and oxygen atoms in total. The van der Waals surface area contributed by atoms with E-state index in [2.05, 4.69) is 4.99 Å². The van der Waals surface area contributed by atoms with Gasteiger partial charge in [-0.25, -0.2) is 21.6 Å². The molecule has 0 radical (unpaired) electrons. The molecular weight excluding hydrogens is 594 g/mol. The van der Waals surface area contributed by atoms with Crippen LogP contribution in [0.3, 0.4) is 0 Å². The van der Waals surface area contributed by atoms with Gasteiger partial charge in [-0.1, -0.05) is 0 Å². The van der Waals surface area contributed by atoms with Crippen LogP contribution in [0.2, 0.25) is 0 Å². The molecular formula is C21H26Cl4N4O5S2. The molecule has 0 amide bonds. The summed E-state index contributed by atoms with van der Waals surface area (Å²) >= 11 is 22.3. The van der Waals surface area contributed by atoms with Gasteiger partial charge in [-0.15, -0.1) is 46.4 Å². The van der Waals surface area contributed by atoms with Crippen molar-refractivity contribution >= 4 is 83.9 Å². The molecule has 2 aromatic rings. The fourth-order valence-corrected chi connectivity index (χ4v) is 6.86. The lowest BCUT2D eigenvalue weighted by Crippen LogP contribution is -2.34. The molecule has 0 aromatic heterocycles. The third kappa shape index (κ3) is 9.81. The Morgan fingerprint density at radius 3 is 1.31 bits per heavy atom. The van der Waals surface area contributed by atoms with Crippen LogP contribution in [-0.4, -0.2) is 81.2 Å². The van der Waals surface area contributed by atoms with Gasteiger partial charge >= 0.3 is 0 Å². The van der Waals surface area contributed by atoms with Crippen molar-refractivity contribution in [3.05, 3.63) is 48.5 Å². The fraction of sp³-hybridized carbons (Fsp3) is 0.381. The second-order valence-corrected chi connectivity index (χ2v) is 12.2. The number of hydrogen-bond acceptors (Lipinski definition) is 7. The summed E-state index contributed by atoms with van der Waals surface area (Å²) in [6.45, 7) is 0.845. The molecule has 0 spiro atoms. The number of nitrogens with zero attached hydrogens (tertiary/aromatic N) is 3. The van der Waals surface area contributed by atoms with Gasteiger partial charge in [0.15, 0.2) is 0 Å². The first-order valence-electron chi connectivity index (χ1n) is 10.4. The van der Waals surface area contributed by atoms with Gasteiger partial charge in [0.05, 0.1) is 15.5 Å². The quantitative estimate of drug-likeness (QED) is 0.157. The molecule has 2 aromatic carbocycles. The summed E-state index contributed by atoms with van der Waals surface area (Å²) < 4.78 is 51.4. The van der Waals surface area contributed by atoms with E-state index >= 15 is 0 Å². The number of isocyanates is 1. The maximum atomic E-state index is 12.3. The maximum Gasteiger partial charge on any atom is 0.243 e. The smallest absolute Gasteiger partial charge is 0.243 e. The molecule has 200 valence electrons. The minimum absolute atomic E-state index is 0.104. The van der Waals surface area contributed by atoms with E-state index in [0.29, 0.717) is 11.4 Å². The van der Waals surface area contributed by atoms with Crippen LogP contribution in [0.1, 0.15) is 0 Å². The number of carbonyl (C=O) groups excluding carboxylic acids is 1. The van der Waals surface area contributed by atoms with E-state index in [0.717, 1.165) is 0 Å². The molecule has 0 saturated carbocycles. The Hall–Kier alpha value is -1.40. The monoisotopic (exact) mass is 618 g/mol. The molecule has 0 saturated heterocycles. The average Bonchev–Trinajstić information content (AvgIpc) is 2.85. The van der Waals surface area contributed by atoms with Crippen LogP contribution in [-0.2, 0) is 24.8 Å². The SMILES string of the molecule is Nc1ccc(S(=O)(=O)N(CCCl)CCCl)cc1.O=C=Nc1ccc(S(=O)(=O)N(CCCl)CCCl)cc1. The number of alkyl halides is 4. The van der Waals surface area contributed by atoms with E-state index in [4.69, 9.17) is 52.1 Å². The highest BCUT2D eigenvalue weighted by Gasteiger charge is 2.24. The Morgan fingerprint density at radius 2 is 1.00 bits per heavy atom. The van der Waals surface area contributed by atoms with Crippen LogP contribution in [0.4, 0.5) is 11.4 Å². The molecule has 36 heavy (non-hydrogen) atoms. The summed E-state index contributed by atoms with van der Waals surface area (Å²) in [5.74, 6) is 0.823. The predicted octanol–water partition coefficient (Wildman–Crippen LogP) is 3.86. The molecule has 15 heteroatoms. The van der Waals surface area contributed by atoms with Crippen molar-refractivity contribution in [2.45, 2.75) is 9.79 Å². The first-order chi connectivity index (χ1) is 17.1. The number of aliphatic imine (C=N–C) groups is 1. The fourth-order valence-electron chi connectivity index (χ4n) is 2.76. The third-order valence-electron chi connectivity index (χ3n) is 4.50. The van der Waals surface area contributed by atoms with Crippen molar-refractivity contribution < 1.29 is 21.6 Å². The molecule has 2 N–H and O–H groups in total. The Morgan fingerprint density at radius 1 is 0.667 bits per heavy atom. The normalized spacial score (nSPS) is 11.6. The van der Waals surface area contributed by atoms with Crippen molar-refractivity contribution in [1.29, 1.82) is 0 Å². The number of sulfonamides is 2. The van der Waals surface area contributed by atoms with Gasteiger partial charge in [0, 0.05) is 55.4 Å². The molecule has 0 aliphatic heterocycles. The number of halogens is 4. The first-order valence-corrected chi connectivity index (χ1v) is 15.4. The summed E-state index contributed by atoms with van der Waals surface area (Å²) in [7, 11) is -7.17. The van der Waals surface area contributed by atoms with Crippen molar-refractivity contribution in [2.24, 2.45) is 4.99 Å². The van der Waals surface area contributed by atoms with Gasteiger partial charge < -0.3 is 5.73 Å². The second-order valence-electron chi connectivity index (χ2n) is 6.83. The standard InChI is InChI=1S/C11H12Cl2N2O3S.C10H14Cl2N2O2S/c12-5-7-15(8-6-13)19(17,18)11-3-1-10(2-4-11)14-9-16;11-5-7-14(8-6-12)17(15,16)10-3-1-9(13)2-4-10/h1-4H,5-8H2;1-4H,5-8,13H2. The average molecular weight is 620 g/mol. The summed E-state index contributed by atoms with van der Waals surface area (Å²) in [5.41, 5.74) is 6.37. The molecule has 2 rings (SSSR count). The summed E-state index contributed by atoms with van der Waals surface area (Å²) in [4.78, 5) is 13.8. The number of anilines is 1. The van der Waals surface area contributed by atoms with Crippen LogP contribution in [0, 0.1) is 0 Å². The maximum absolute atomic E-state index is 12.3. The molecule has 0 unspecified atom stereocenters. The van der Waals surface area contributed by atoms with Crippen molar-refractivity contribution in [1.82, 2.24) is 8.61 Å². The minimum Gasteiger partial charge on any atom is -0.399 e. The van der Waals surface area contributed by atoms with Gasteiger partial charge in [-0.3, -0.25) is 0 Å². The van der Waals surface area contributed by atoms with Crippen LogP contribution in [0.5, 0.6) is 0 Å². The van der Waals surface area contributed by atoms with E-state index in [1.807, 2.05) is 0 Å². The molecule has 0 atom stereocenters. The highest BCUT2D eigenvalue weighted by atomic mass is 35.5. The number of hydrogen-bond donors (Lipinski definition) is 1. The summed E-state index contributed by atoms with van der Waals surface area (Å²) in [6, 6.07) is 11.6. The Labute approximate surface area is 231 Å². The van der Waals surface area contributed by atoms with E-state index in [1.54, 1.807) is 12.1 Å². The number of rotatable bonds is 13. The molecule has 0 aliphatic rings. The topological polar surface area (TPSA) is 130 Å². The van der Waals surface area contributed by atoms with E-state index in [-0.39, 0.29) is 59.5 Å². The van der Waals surface area contributed by atoms with E-state index in [1.165, 1.54) is 51.1 Å². The Balaban J connectivity index is 0.000000362. The number of nitrogen functional groups attached to an aromatic ring is 1. The molecule has 0 aliphatic carbocycles. The van der Waals surface area contributed by atoms with Gasteiger partial charge in [0.2, 0.25) is 26.1 Å². The molecule has 0 heterocycles. The van der Waals surface area contributed by atoms with Gasteiger partial charge in [0.1, 0.15) is 0 Å². The van der Waals surface area contributed by atoms with Crippen LogP contribution in [0.25, 0.3) is 0 Å². The van der Waals surface area contributed by atoms with Crippen LogP contribution in [0.15, 0.2) is 63.3 Å². The van der Waals surface area contributed by atoms with Gasteiger partial charge in [-0.2, -0.15) is 13.6 Å². The summed E-state index contributed by atoms with van der Waals surface area (Å²) in [6.07, 6.45) is 1.39. The summed E-state index contributed by atoms with van der Waals surface area (Å²) in [5, 5.41) is 0. The lowest BCUT2D eigenvalue weighted by Gasteiger charge is -2.20. The van der Waals surface area contributed by atoms with Crippen molar-refractivity contribution in [3.8, 4) is 0 Å². The first kappa shape index (κ1) is 32.6. The molecule has 0 bridgehead atoms. The zero-order chi connectivity index (χ0) is 27.2. The minimum atomic E-state index is -3.63. The largest absolute Gasteiger partial charge is 0.399 e. The third-order valence-corrected chi connectivity index (χ3v) is 9.00. The Bertz CT molecular complexity index is 1180. The Kier molecular flexibility index (Phi) is 14.9. The van der Waals surface area contributed by atoms with Gasteiger partial charge in [-0.05, 0) is 48.5 Å². The predicted molar refractivity (Wildman–Crippen MR) is 145 cm³/mol. The van der Waals surface area contributed by atoms with Crippen molar-refractivity contribution in [2.75, 3.05) is 55.4 Å². The number of nitrogens with two attached hydrogens (primary N) is 1. The van der Waals surface area contributed by atoms with Crippen LogP contribution < -0.4 is 5.73 Å². The van der Waals surface area contributed by atoms with E-state index < -0.39 is 20.0 Å². The molecule has 0 fully saturated rings. The second kappa shape index (κ2) is 16.4.